The molecule has 28 heavy (non-hydrogen) atoms. The first-order valence-electron chi connectivity index (χ1n) is 9.29. The van der Waals surface area contributed by atoms with Gasteiger partial charge in [-0.05, 0) is 31.2 Å². The van der Waals surface area contributed by atoms with E-state index < -0.39 is 10.0 Å². The van der Waals surface area contributed by atoms with Crippen LogP contribution in [0.3, 0.4) is 0 Å². The number of sulfonamides is 1. The predicted molar refractivity (Wildman–Crippen MR) is 109 cm³/mol. The minimum atomic E-state index is -3.43. The van der Waals surface area contributed by atoms with Crippen molar-refractivity contribution < 1.29 is 18.0 Å². The van der Waals surface area contributed by atoms with Crippen molar-refractivity contribution in [3.63, 3.8) is 0 Å². The molecule has 1 aliphatic rings. The molecule has 1 aliphatic heterocycles. The number of aryl methyl sites for hydroxylation is 1. The summed E-state index contributed by atoms with van der Waals surface area (Å²) in [5.41, 5.74) is 1.70. The Morgan fingerprint density at radius 3 is 2.39 bits per heavy atom. The van der Waals surface area contributed by atoms with E-state index in [2.05, 4.69) is 5.32 Å². The molecule has 6 nitrogen and oxygen atoms in total. The molecular weight excluding hydrogens is 396 g/mol. The molecule has 0 atom stereocenters. The number of hydrogen-bond donors (Lipinski definition) is 1. The number of carbonyl (C=O) groups is 2. The lowest BCUT2D eigenvalue weighted by Crippen LogP contribution is -2.46. The Labute approximate surface area is 169 Å². The Morgan fingerprint density at radius 2 is 1.79 bits per heavy atom. The number of amides is 1. The number of piperidine rings is 1. The van der Waals surface area contributed by atoms with Crippen LogP contribution in [0.2, 0.25) is 0 Å². The van der Waals surface area contributed by atoms with Gasteiger partial charge in [-0.2, -0.15) is 4.31 Å². The highest BCUT2D eigenvalue weighted by molar-refractivity contribution is 7.91. The van der Waals surface area contributed by atoms with Crippen LogP contribution in [0.25, 0.3) is 0 Å². The third-order valence-corrected chi connectivity index (χ3v) is 8.13. The second-order valence-electron chi connectivity index (χ2n) is 6.97. The third-order valence-electron chi connectivity index (χ3n) is 4.86. The summed E-state index contributed by atoms with van der Waals surface area (Å²) in [6, 6.07) is 10.6. The largest absolute Gasteiger partial charge is 0.353 e. The van der Waals surface area contributed by atoms with Gasteiger partial charge in [0.1, 0.15) is 4.21 Å². The Kier molecular flexibility index (Phi) is 6.64. The van der Waals surface area contributed by atoms with Crippen LogP contribution < -0.4 is 5.32 Å². The van der Waals surface area contributed by atoms with E-state index in [4.69, 9.17) is 0 Å². The van der Waals surface area contributed by atoms with Crippen LogP contribution >= 0.6 is 11.3 Å². The number of thiophene rings is 1. The first kappa shape index (κ1) is 20.7. The molecule has 0 radical (unpaired) electrons. The molecular formula is C20H24N2O4S2. The van der Waals surface area contributed by atoms with E-state index in [0.717, 1.165) is 5.56 Å². The number of Topliss-reactive ketones (excluding diaryl/α,β-unsaturated/α-hetero) is 1. The van der Waals surface area contributed by atoms with Crippen molar-refractivity contribution in [2.45, 2.75) is 42.9 Å². The molecule has 1 aromatic carbocycles. The summed E-state index contributed by atoms with van der Waals surface area (Å²) < 4.78 is 26.9. The fraction of sp³-hybridized carbons (Fsp3) is 0.400. The summed E-state index contributed by atoms with van der Waals surface area (Å²) in [5.74, 6) is -0.216. The Bertz CT molecular complexity index is 914. The van der Waals surface area contributed by atoms with E-state index in [1.165, 1.54) is 15.6 Å². The van der Waals surface area contributed by atoms with Crippen LogP contribution in [-0.2, 0) is 14.8 Å². The molecule has 2 heterocycles. The van der Waals surface area contributed by atoms with Gasteiger partial charge in [0, 0.05) is 37.5 Å². The topological polar surface area (TPSA) is 83.6 Å². The van der Waals surface area contributed by atoms with Gasteiger partial charge < -0.3 is 5.32 Å². The summed E-state index contributed by atoms with van der Waals surface area (Å²) >= 11 is 1.21. The number of nitrogens with zero attached hydrogens (tertiary/aromatic N) is 1. The quantitative estimate of drug-likeness (QED) is 0.698. The van der Waals surface area contributed by atoms with Crippen LogP contribution in [-0.4, -0.2) is 43.5 Å². The molecule has 2 aromatic rings. The van der Waals surface area contributed by atoms with Gasteiger partial charge in [-0.25, -0.2) is 8.42 Å². The Hall–Kier alpha value is -2.03. The van der Waals surface area contributed by atoms with Crippen molar-refractivity contribution in [2.24, 2.45) is 0 Å². The lowest BCUT2D eigenvalue weighted by Gasteiger charge is -2.31. The molecule has 8 heteroatoms. The summed E-state index contributed by atoms with van der Waals surface area (Å²) in [5, 5.41) is 4.68. The molecule has 1 N–H and O–H groups in total. The van der Waals surface area contributed by atoms with E-state index in [9.17, 15) is 18.0 Å². The third kappa shape index (κ3) is 5.06. The Balaban J connectivity index is 1.44. The van der Waals surface area contributed by atoms with Crippen molar-refractivity contribution in [2.75, 3.05) is 13.1 Å². The van der Waals surface area contributed by atoms with Crippen molar-refractivity contribution >= 4 is 33.1 Å². The summed E-state index contributed by atoms with van der Waals surface area (Å²) in [4.78, 5) is 24.3. The molecule has 0 unspecified atom stereocenters. The molecule has 0 bridgehead atoms. The number of hydrogen-bond acceptors (Lipinski definition) is 5. The lowest BCUT2D eigenvalue weighted by molar-refractivity contribution is -0.122. The highest BCUT2D eigenvalue weighted by Gasteiger charge is 2.30. The maximum atomic E-state index is 12.5. The molecule has 0 aliphatic carbocycles. The molecule has 3 rings (SSSR count). The average Bonchev–Trinajstić information content (AvgIpc) is 3.23. The fourth-order valence-electron chi connectivity index (χ4n) is 3.19. The zero-order chi connectivity index (χ0) is 20.1. The zero-order valence-corrected chi connectivity index (χ0v) is 17.4. The van der Waals surface area contributed by atoms with Gasteiger partial charge in [-0.15, -0.1) is 11.3 Å². The molecule has 1 amide bonds. The van der Waals surface area contributed by atoms with Gasteiger partial charge in [-0.1, -0.05) is 35.9 Å². The van der Waals surface area contributed by atoms with E-state index in [0.29, 0.717) is 35.7 Å². The number of rotatable bonds is 7. The number of benzene rings is 1. The summed E-state index contributed by atoms with van der Waals surface area (Å²) in [6.45, 7) is 2.72. The van der Waals surface area contributed by atoms with E-state index in [1.54, 1.807) is 29.6 Å². The smallest absolute Gasteiger partial charge is 0.252 e. The zero-order valence-electron chi connectivity index (χ0n) is 15.8. The molecule has 0 spiro atoms. The second kappa shape index (κ2) is 8.98. The van der Waals surface area contributed by atoms with Crippen molar-refractivity contribution in [3.8, 4) is 0 Å². The predicted octanol–water partition coefficient (Wildman–Crippen LogP) is 2.99. The molecule has 1 aromatic heterocycles. The number of nitrogens with one attached hydrogen (secondary N) is 1. The summed E-state index contributed by atoms with van der Waals surface area (Å²) in [6.07, 6.45) is 1.45. The van der Waals surface area contributed by atoms with E-state index in [-0.39, 0.29) is 30.6 Å². The van der Waals surface area contributed by atoms with Gasteiger partial charge in [-0.3, -0.25) is 9.59 Å². The van der Waals surface area contributed by atoms with Crippen molar-refractivity contribution in [3.05, 3.63) is 52.9 Å². The standard InChI is InChI=1S/C20H24N2O4S2/c1-15-4-6-16(7-5-15)18(23)8-9-19(24)21-17-10-12-22(13-11-17)28(25,26)20-3-2-14-27-20/h2-7,14,17H,8-13H2,1H3,(H,21,24). The van der Waals surface area contributed by atoms with Crippen LogP contribution in [0.15, 0.2) is 46.0 Å². The molecule has 150 valence electrons. The number of ketones is 1. The van der Waals surface area contributed by atoms with Crippen molar-refractivity contribution in [1.29, 1.82) is 0 Å². The molecule has 1 saturated heterocycles. The number of carbonyl (C=O) groups excluding carboxylic acids is 2. The van der Waals surface area contributed by atoms with Crippen molar-refractivity contribution in [1.82, 2.24) is 9.62 Å². The van der Waals surface area contributed by atoms with Crippen LogP contribution in [0.5, 0.6) is 0 Å². The van der Waals surface area contributed by atoms with Gasteiger partial charge in [0.25, 0.3) is 10.0 Å². The monoisotopic (exact) mass is 420 g/mol. The van der Waals surface area contributed by atoms with Crippen LogP contribution in [0.1, 0.15) is 41.6 Å². The first-order chi connectivity index (χ1) is 13.4. The molecule has 1 fully saturated rings. The molecule has 0 saturated carbocycles. The maximum Gasteiger partial charge on any atom is 0.252 e. The summed E-state index contributed by atoms with van der Waals surface area (Å²) in [7, 11) is -3.43. The first-order valence-corrected chi connectivity index (χ1v) is 11.6. The van der Waals surface area contributed by atoms with Gasteiger partial charge in [0.15, 0.2) is 5.78 Å². The highest BCUT2D eigenvalue weighted by atomic mass is 32.2. The van der Waals surface area contributed by atoms with Gasteiger partial charge >= 0.3 is 0 Å². The van der Waals surface area contributed by atoms with Crippen LogP contribution in [0, 0.1) is 6.92 Å². The Morgan fingerprint density at radius 1 is 1.11 bits per heavy atom. The van der Waals surface area contributed by atoms with E-state index >= 15 is 0 Å². The van der Waals surface area contributed by atoms with E-state index in [1.807, 2.05) is 19.1 Å². The van der Waals surface area contributed by atoms with Crippen LogP contribution in [0.4, 0.5) is 0 Å². The van der Waals surface area contributed by atoms with Gasteiger partial charge in [0.05, 0.1) is 0 Å². The SMILES string of the molecule is Cc1ccc(C(=O)CCC(=O)NC2CCN(S(=O)(=O)c3cccs3)CC2)cc1. The minimum Gasteiger partial charge on any atom is -0.353 e. The maximum absolute atomic E-state index is 12.5. The normalized spacial score (nSPS) is 16.0. The average molecular weight is 421 g/mol. The highest BCUT2D eigenvalue weighted by Crippen LogP contribution is 2.24. The lowest BCUT2D eigenvalue weighted by atomic mass is 10.0. The van der Waals surface area contributed by atoms with Gasteiger partial charge in [0.2, 0.25) is 5.91 Å². The fourth-order valence-corrected chi connectivity index (χ4v) is 5.80. The minimum absolute atomic E-state index is 0.0491. The second-order valence-corrected chi connectivity index (χ2v) is 10.1.